The summed E-state index contributed by atoms with van der Waals surface area (Å²) in [7, 11) is -3.37. The van der Waals surface area contributed by atoms with Crippen molar-refractivity contribution < 1.29 is 17.6 Å². The van der Waals surface area contributed by atoms with Gasteiger partial charge in [0.2, 0.25) is 15.8 Å². The first-order chi connectivity index (χ1) is 13.8. The van der Waals surface area contributed by atoms with E-state index in [1.54, 1.807) is 55.7 Å². The van der Waals surface area contributed by atoms with E-state index in [1.165, 1.54) is 11.8 Å². The van der Waals surface area contributed by atoms with E-state index in [0.29, 0.717) is 34.5 Å². The average Bonchev–Trinajstić information content (AvgIpc) is 3.31. The van der Waals surface area contributed by atoms with Gasteiger partial charge < -0.3 is 4.42 Å². The molecule has 8 nitrogen and oxygen atoms in total. The van der Waals surface area contributed by atoms with E-state index < -0.39 is 15.3 Å². The van der Waals surface area contributed by atoms with Gasteiger partial charge in [0.15, 0.2) is 16.7 Å². The molecule has 29 heavy (non-hydrogen) atoms. The largest absolute Gasteiger partial charge is 0.461 e. The Labute approximate surface area is 173 Å². The number of rotatable bonds is 9. The van der Waals surface area contributed by atoms with Crippen molar-refractivity contribution >= 4 is 33.3 Å². The fraction of sp³-hybridized carbons (Fsp3) is 0.211. The van der Waals surface area contributed by atoms with Crippen molar-refractivity contribution in [3.05, 3.63) is 60.9 Å². The van der Waals surface area contributed by atoms with Crippen LogP contribution in [-0.4, -0.2) is 40.5 Å². The van der Waals surface area contributed by atoms with Gasteiger partial charge in [-0.25, -0.2) is 8.42 Å². The van der Waals surface area contributed by atoms with E-state index in [2.05, 4.69) is 21.5 Å². The number of furan rings is 1. The summed E-state index contributed by atoms with van der Waals surface area (Å²) in [4.78, 5) is 12.8. The SMILES string of the molecule is C=CCn1c(SC(C)C(=O)c2ccc(NS(C)(=O)=O)cc2)nnc1-c1ccco1. The van der Waals surface area contributed by atoms with E-state index in [0.717, 1.165) is 6.26 Å². The van der Waals surface area contributed by atoms with Gasteiger partial charge in [-0.15, -0.1) is 16.8 Å². The van der Waals surface area contributed by atoms with Crippen LogP contribution in [0, 0.1) is 0 Å². The van der Waals surface area contributed by atoms with Crippen LogP contribution in [-0.2, 0) is 16.6 Å². The van der Waals surface area contributed by atoms with E-state index in [1.807, 2.05) is 4.57 Å². The van der Waals surface area contributed by atoms with E-state index >= 15 is 0 Å². The number of nitrogens with one attached hydrogen (secondary N) is 1. The number of hydrogen-bond donors (Lipinski definition) is 1. The molecule has 3 aromatic rings. The van der Waals surface area contributed by atoms with Crippen molar-refractivity contribution in [3.63, 3.8) is 0 Å². The quantitative estimate of drug-likeness (QED) is 0.313. The minimum absolute atomic E-state index is 0.103. The van der Waals surface area contributed by atoms with Crippen LogP contribution in [0.1, 0.15) is 17.3 Å². The monoisotopic (exact) mass is 432 g/mol. The van der Waals surface area contributed by atoms with Gasteiger partial charge in [0, 0.05) is 17.8 Å². The lowest BCUT2D eigenvalue weighted by Crippen LogP contribution is -2.15. The standard InChI is InChI=1S/C19H20N4O4S2/c1-4-11-23-18(16-6-5-12-27-16)20-21-19(23)28-13(2)17(24)14-7-9-15(10-8-14)22-29(3,25)26/h4-10,12-13,22H,1,11H2,2-3H3. The van der Waals surface area contributed by atoms with Crippen LogP contribution in [0.4, 0.5) is 5.69 Å². The molecule has 0 bridgehead atoms. The molecule has 2 heterocycles. The van der Waals surface area contributed by atoms with Gasteiger partial charge in [-0.2, -0.15) is 0 Å². The molecular formula is C19H20N4O4S2. The third-order valence-corrected chi connectivity index (χ3v) is 5.58. The summed E-state index contributed by atoms with van der Waals surface area (Å²) in [6.07, 6.45) is 4.35. The second-order valence-electron chi connectivity index (χ2n) is 6.26. The zero-order valence-corrected chi connectivity index (χ0v) is 17.5. The number of hydrogen-bond acceptors (Lipinski definition) is 7. The van der Waals surface area contributed by atoms with Crippen LogP contribution in [0.5, 0.6) is 0 Å². The van der Waals surface area contributed by atoms with Crippen molar-refractivity contribution in [2.45, 2.75) is 23.9 Å². The highest BCUT2D eigenvalue weighted by Crippen LogP contribution is 2.28. The number of carbonyl (C=O) groups excluding carboxylic acids is 1. The zero-order valence-electron chi connectivity index (χ0n) is 15.9. The number of ketones is 1. The van der Waals surface area contributed by atoms with Crippen molar-refractivity contribution in [1.82, 2.24) is 14.8 Å². The van der Waals surface area contributed by atoms with Crippen LogP contribution >= 0.6 is 11.8 Å². The maximum absolute atomic E-state index is 12.8. The van der Waals surface area contributed by atoms with Gasteiger partial charge in [-0.1, -0.05) is 17.8 Å². The maximum Gasteiger partial charge on any atom is 0.229 e. The number of anilines is 1. The number of thioether (sulfide) groups is 1. The molecule has 0 aliphatic heterocycles. The van der Waals surface area contributed by atoms with Gasteiger partial charge in [0.05, 0.1) is 17.8 Å². The molecule has 2 aromatic heterocycles. The highest BCUT2D eigenvalue weighted by molar-refractivity contribution is 8.00. The first kappa shape index (κ1) is 20.9. The Morgan fingerprint density at radius 1 is 1.31 bits per heavy atom. The molecule has 152 valence electrons. The molecule has 0 radical (unpaired) electrons. The highest BCUT2D eigenvalue weighted by Gasteiger charge is 2.22. The summed E-state index contributed by atoms with van der Waals surface area (Å²) in [5.41, 5.74) is 0.878. The fourth-order valence-corrected chi connectivity index (χ4v) is 4.12. The van der Waals surface area contributed by atoms with Crippen LogP contribution in [0.25, 0.3) is 11.6 Å². The smallest absolute Gasteiger partial charge is 0.229 e. The van der Waals surface area contributed by atoms with Gasteiger partial charge in [0.1, 0.15) is 0 Å². The molecular weight excluding hydrogens is 412 g/mol. The average molecular weight is 433 g/mol. The minimum atomic E-state index is -3.37. The number of Topliss-reactive ketones (excluding diaryl/α,β-unsaturated/α-hetero) is 1. The fourth-order valence-electron chi connectivity index (χ4n) is 2.62. The second-order valence-corrected chi connectivity index (χ2v) is 9.32. The number of sulfonamides is 1. The molecule has 0 amide bonds. The first-order valence-electron chi connectivity index (χ1n) is 8.65. The van der Waals surface area contributed by atoms with Gasteiger partial charge in [-0.3, -0.25) is 14.1 Å². The van der Waals surface area contributed by atoms with Gasteiger partial charge in [-0.05, 0) is 43.3 Å². The third kappa shape index (κ3) is 5.15. The van der Waals surface area contributed by atoms with Crippen molar-refractivity contribution in [2.75, 3.05) is 11.0 Å². The molecule has 0 aliphatic carbocycles. The lowest BCUT2D eigenvalue weighted by Gasteiger charge is -2.12. The Morgan fingerprint density at radius 3 is 2.62 bits per heavy atom. The Balaban J connectivity index is 1.77. The molecule has 0 aliphatic rings. The number of allylic oxidation sites excluding steroid dienone is 1. The molecule has 1 aromatic carbocycles. The lowest BCUT2D eigenvalue weighted by molar-refractivity contribution is 0.0994. The molecule has 0 fully saturated rings. The summed E-state index contributed by atoms with van der Waals surface area (Å²) in [6.45, 7) is 6.02. The lowest BCUT2D eigenvalue weighted by atomic mass is 10.1. The van der Waals surface area contributed by atoms with Crippen LogP contribution in [0.3, 0.4) is 0 Å². The highest BCUT2D eigenvalue weighted by atomic mass is 32.2. The second kappa shape index (κ2) is 8.66. The van der Waals surface area contributed by atoms with Crippen molar-refractivity contribution in [1.29, 1.82) is 0 Å². The van der Waals surface area contributed by atoms with E-state index in [4.69, 9.17) is 4.42 Å². The molecule has 1 N–H and O–H groups in total. The first-order valence-corrected chi connectivity index (χ1v) is 11.4. The molecule has 0 spiro atoms. The molecule has 0 saturated heterocycles. The maximum atomic E-state index is 12.8. The Hall–Kier alpha value is -2.85. The number of carbonyl (C=O) groups is 1. The minimum Gasteiger partial charge on any atom is -0.461 e. The van der Waals surface area contributed by atoms with Crippen LogP contribution in [0.2, 0.25) is 0 Å². The number of nitrogens with zero attached hydrogens (tertiary/aromatic N) is 3. The molecule has 3 rings (SSSR count). The predicted molar refractivity (Wildman–Crippen MR) is 112 cm³/mol. The van der Waals surface area contributed by atoms with E-state index in [9.17, 15) is 13.2 Å². The van der Waals surface area contributed by atoms with E-state index in [-0.39, 0.29) is 5.78 Å². The zero-order chi connectivity index (χ0) is 21.0. The van der Waals surface area contributed by atoms with Crippen molar-refractivity contribution in [3.8, 4) is 11.6 Å². The van der Waals surface area contributed by atoms with Crippen molar-refractivity contribution in [2.24, 2.45) is 0 Å². The topological polar surface area (TPSA) is 107 Å². The predicted octanol–water partition coefficient (Wildman–Crippen LogP) is 3.46. The summed E-state index contributed by atoms with van der Waals surface area (Å²) in [6, 6.07) is 9.86. The molecule has 10 heteroatoms. The molecule has 1 atom stereocenters. The summed E-state index contributed by atoms with van der Waals surface area (Å²) in [5, 5.41) is 8.53. The summed E-state index contributed by atoms with van der Waals surface area (Å²) in [5.74, 6) is 1.04. The molecule has 1 unspecified atom stereocenters. The Morgan fingerprint density at radius 2 is 2.03 bits per heavy atom. The Kier molecular flexibility index (Phi) is 6.23. The Bertz CT molecular complexity index is 1100. The molecule has 0 saturated carbocycles. The number of aromatic nitrogens is 3. The third-order valence-electron chi connectivity index (χ3n) is 3.89. The summed E-state index contributed by atoms with van der Waals surface area (Å²) < 4.78 is 32.2. The number of benzene rings is 1. The summed E-state index contributed by atoms with van der Waals surface area (Å²) >= 11 is 1.28. The van der Waals surface area contributed by atoms with Crippen LogP contribution in [0.15, 0.2) is 64.9 Å². The van der Waals surface area contributed by atoms with Crippen LogP contribution < -0.4 is 4.72 Å². The van der Waals surface area contributed by atoms with Gasteiger partial charge >= 0.3 is 0 Å². The van der Waals surface area contributed by atoms with Gasteiger partial charge in [0.25, 0.3) is 0 Å². The normalized spacial score (nSPS) is 12.5.